The zero-order chi connectivity index (χ0) is 14.8. The van der Waals surface area contributed by atoms with Crippen molar-refractivity contribution in [3.8, 4) is 0 Å². The smallest absolute Gasteiger partial charge is 0.411 e. The highest BCUT2D eigenvalue weighted by Gasteiger charge is 2.07. The summed E-state index contributed by atoms with van der Waals surface area (Å²) in [4.78, 5) is 22.6. The standard InChI is InChI=1S/C14H20N2O4/c1-3-19-13(17)15-10-9-11-7-5-6-8-12(11)16-14(18)20-4-2/h5-8H,3-4,9-10H2,1-2H3,(H,15,17)(H,16,18). The van der Waals surface area contributed by atoms with Gasteiger partial charge in [0.2, 0.25) is 0 Å². The van der Waals surface area contributed by atoms with E-state index < -0.39 is 12.2 Å². The largest absolute Gasteiger partial charge is 0.450 e. The monoisotopic (exact) mass is 280 g/mol. The van der Waals surface area contributed by atoms with Gasteiger partial charge in [-0.1, -0.05) is 18.2 Å². The van der Waals surface area contributed by atoms with Crippen LogP contribution in [-0.2, 0) is 15.9 Å². The molecule has 1 aromatic rings. The molecule has 20 heavy (non-hydrogen) atoms. The molecule has 6 nitrogen and oxygen atoms in total. The summed E-state index contributed by atoms with van der Waals surface area (Å²) in [6, 6.07) is 7.37. The molecule has 1 aromatic carbocycles. The van der Waals surface area contributed by atoms with Crippen LogP contribution in [0.3, 0.4) is 0 Å². The molecule has 0 spiro atoms. The molecular formula is C14H20N2O4. The Morgan fingerprint density at radius 2 is 1.70 bits per heavy atom. The van der Waals surface area contributed by atoms with Gasteiger partial charge in [0.25, 0.3) is 0 Å². The van der Waals surface area contributed by atoms with E-state index in [-0.39, 0.29) is 0 Å². The normalized spacial score (nSPS) is 9.70. The minimum Gasteiger partial charge on any atom is -0.450 e. The fourth-order valence-corrected chi connectivity index (χ4v) is 1.62. The van der Waals surface area contributed by atoms with Crippen molar-refractivity contribution >= 4 is 17.9 Å². The highest BCUT2D eigenvalue weighted by molar-refractivity contribution is 5.85. The van der Waals surface area contributed by atoms with Crippen LogP contribution in [0.15, 0.2) is 24.3 Å². The molecule has 1 rings (SSSR count). The molecule has 0 fully saturated rings. The Bertz CT molecular complexity index is 449. The maximum Gasteiger partial charge on any atom is 0.411 e. The number of hydrogen-bond acceptors (Lipinski definition) is 4. The van der Waals surface area contributed by atoms with Crippen LogP contribution >= 0.6 is 0 Å². The molecule has 0 aliphatic heterocycles. The second kappa shape index (κ2) is 8.79. The minimum atomic E-state index is -0.488. The van der Waals surface area contributed by atoms with Gasteiger partial charge in [-0.2, -0.15) is 0 Å². The number of anilines is 1. The lowest BCUT2D eigenvalue weighted by molar-refractivity contribution is 0.152. The van der Waals surface area contributed by atoms with Crippen LogP contribution < -0.4 is 10.6 Å². The fraction of sp³-hybridized carbons (Fsp3) is 0.429. The van der Waals surface area contributed by atoms with Gasteiger partial charge in [0, 0.05) is 12.2 Å². The Hall–Kier alpha value is -2.24. The van der Waals surface area contributed by atoms with Gasteiger partial charge in [-0.15, -0.1) is 0 Å². The summed E-state index contributed by atoms with van der Waals surface area (Å²) < 4.78 is 9.60. The van der Waals surface area contributed by atoms with Crippen molar-refractivity contribution in [1.82, 2.24) is 5.32 Å². The van der Waals surface area contributed by atoms with Crippen molar-refractivity contribution in [2.45, 2.75) is 20.3 Å². The summed E-state index contributed by atoms with van der Waals surface area (Å²) in [6.07, 6.45) is -0.344. The molecule has 0 saturated heterocycles. The summed E-state index contributed by atoms with van der Waals surface area (Å²) in [7, 11) is 0. The molecule has 0 unspecified atom stereocenters. The predicted octanol–water partition coefficient (Wildman–Crippen LogP) is 2.54. The molecule has 2 N–H and O–H groups in total. The number of hydrogen-bond donors (Lipinski definition) is 2. The second-order valence-electron chi connectivity index (χ2n) is 3.90. The lowest BCUT2D eigenvalue weighted by Gasteiger charge is -2.11. The van der Waals surface area contributed by atoms with E-state index >= 15 is 0 Å². The van der Waals surface area contributed by atoms with E-state index in [1.165, 1.54) is 0 Å². The minimum absolute atomic E-state index is 0.318. The topological polar surface area (TPSA) is 76.7 Å². The van der Waals surface area contributed by atoms with E-state index in [1.807, 2.05) is 18.2 Å². The van der Waals surface area contributed by atoms with Crippen molar-refractivity contribution in [2.75, 3.05) is 25.1 Å². The van der Waals surface area contributed by atoms with Gasteiger partial charge in [-0.05, 0) is 31.9 Å². The molecule has 0 bridgehead atoms. The Balaban J connectivity index is 2.52. The number of alkyl carbamates (subject to hydrolysis) is 1. The number of benzene rings is 1. The van der Waals surface area contributed by atoms with Crippen LogP contribution in [0.4, 0.5) is 15.3 Å². The number of nitrogens with one attached hydrogen (secondary N) is 2. The second-order valence-corrected chi connectivity index (χ2v) is 3.90. The quantitative estimate of drug-likeness (QED) is 0.839. The average Bonchev–Trinajstić information content (AvgIpc) is 2.41. The molecule has 0 aromatic heterocycles. The molecule has 0 atom stereocenters. The third kappa shape index (κ3) is 5.60. The maximum atomic E-state index is 11.4. The Morgan fingerprint density at radius 1 is 1.05 bits per heavy atom. The van der Waals surface area contributed by atoms with E-state index in [4.69, 9.17) is 9.47 Å². The molecule has 2 amide bonds. The number of rotatable bonds is 6. The first kappa shape index (κ1) is 15.8. The number of carbonyl (C=O) groups excluding carboxylic acids is 2. The summed E-state index contributed by atoms with van der Waals surface area (Å²) in [5.41, 5.74) is 1.59. The third-order valence-corrected chi connectivity index (χ3v) is 2.47. The summed E-state index contributed by atoms with van der Waals surface area (Å²) in [5, 5.41) is 5.30. The zero-order valence-electron chi connectivity index (χ0n) is 11.8. The third-order valence-electron chi connectivity index (χ3n) is 2.47. The van der Waals surface area contributed by atoms with E-state index in [0.29, 0.717) is 31.9 Å². The molecule has 0 radical (unpaired) electrons. The van der Waals surface area contributed by atoms with Crippen LogP contribution in [0.1, 0.15) is 19.4 Å². The van der Waals surface area contributed by atoms with Crippen LogP contribution in [0.5, 0.6) is 0 Å². The molecule has 0 aliphatic carbocycles. The van der Waals surface area contributed by atoms with Gasteiger partial charge in [-0.25, -0.2) is 9.59 Å². The molecule has 0 heterocycles. The van der Waals surface area contributed by atoms with Crippen molar-refractivity contribution in [3.63, 3.8) is 0 Å². The fourth-order valence-electron chi connectivity index (χ4n) is 1.62. The van der Waals surface area contributed by atoms with Crippen LogP contribution in [0.25, 0.3) is 0 Å². The summed E-state index contributed by atoms with van der Waals surface area (Å²) in [6.45, 7) is 4.58. The molecule has 110 valence electrons. The lowest BCUT2D eigenvalue weighted by atomic mass is 10.1. The average molecular weight is 280 g/mol. The Morgan fingerprint density at radius 3 is 2.40 bits per heavy atom. The summed E-state index contributed by atoms with van der Waals surface area (Å²) >= 11 is 0. The van der Waals surface area contributed by atoms with Crippen LogP contribution in [0.2, 0.25) is 0 Å². The maximum absolute atomic E-state index is 11.4. The van der Waals surface area contributed by atoms with Crippen LogP contribution in [0, 0.1) is 0 Å². The number of ether oxygens (including phenoxy) is 2. The Kier molecular flexibility index (Phi) is 6.95. The van der Waals surface area contributed by atoms with E-state index in [1.54, 1.807) is 19.9 Å². The lowest BCUT2D eigenvalue weighted by Crippen LogP contribution is -2.26. The van der Waals surface area contributed by atoms with Gasteiger partial charge in [0.1, 0.15) is 0 Å². The Labute approximate surface area is 118 Å². The predicted molar refractivity (Wildman–Crippen MR) is 75.8 cm³/mol. The molecule has 0 aliphatic rings. The molecular weight excluding hydrogens is 260 g/mol. The zero-order valence-corrected chi connectivity index (χ0v) is 11.8. The highest BCUT2D eigenvalue weighted by atomic mass is 16.6. The van der Waals surface area contributed by atoms with E-state index in [0.717, 1.165) is 5.56 Å². The van der Waals surface area contributed by atoms with Gasteiger partial charge >= 0.3 is 12.2 Å². The first-order valence-electron chi connectivity index (χ1n) is 6.59. The highest BCUT2D eigenvalue weighted by Crippen LogP contribution is 2.15. The molecule has 0 saturated carbocycles. The van der Waals surface area contributed by atoms with Crippen molar-refractivity contribution in [1.29, 1.82) is 0 Å². The van der Waals surface area contributed by atoms with Crippen molar-refractivity contribution in [3.05, 3.63) is 29.8 Å². The number of para-hydroxylation sites is 1. The van der Waals surface area contributed by atoms with Gasteiger partial charge < -0.3 is 14.8 Å². The number of carbonyl (C=O) groups is 2. The van der Waals surface area contributed by atoms with E-state index in [2.05, 4.69) is 10.6 Å². The number of amides is 2. The molecule has 6 heteroatoms. The first-order chi connectivity index (χ1) is 9.67. The van der Waals surface area contributed by atoms with Gasteiger partial charge in [-0.3, -0.25) is 5.32 Å². The SMILES string of the molecule is CCOC(=O)NCCc1ccccc1NC(=O)OCC. The van der Waals surface area contributed by atoms with E-state index in [9.17, 15) is 9.59 Å². The van der Waals surface area contributed by atoms with Crippen molar-refractivity contribution in [2.24, 2.45) is 0 Å². The first-order valence-corrected chi connectivity index (χ1v) is 6.59. The summed E-state index contributed by atoms with van der Waals surface area (Å²) in [5.74, 6) is 0. The van der Waals surface area contributed by atoms with Gasteiger partial charge in [0.15, 0.2) is 0 Å². The van der Waals surface area contributed by atoms with Gasteiger partial charge in [0.05, 0.1) is 13.2 Å². The van der Waals surface area contributed by atoms with Crippen LogP contribution in [-0.4, -0.2) is 31.9 Å². The van der Waals surface area contributed by atoms with Crippen molar-refractivity contribution < 1.29 is 19.1 Å².